The summed E-state index contributed by atoms with van der Waals surface area (Å²) in [6.45, 7) is 2.87. The molecule has 0 unspecified atom stereocenters. The number of hydrogen-bond acceptors (Lipinski definition) is 5. The Morgan fingerprint density at radius 1 is 1.15 bits per heavy atom. The fourth-order valence-corrected chi connectivity index (χ4v) is 3.69. The third kappa shape index (κ3) is 3.85. The van der Waals surface area contributed by atoms with Gasteiger partial charge in [0.05, 0.1) is 13.2 Å². The molecule has 6 nitrogen and oxygen atoms in total. The molecule has 142 valence electrons. The number of benzene rings is 2. The van der Waals surface area contributed by atoms with Crippen LogP contribution in [0.5, 0.6) is 17.2 Å². The Balaban J connectivity index is 1.50. The van der Waals surface area contributed by atoms with Gasteiger partial charge in [0.1, 0.15) is 5.75 Å². The molecule has 4 rings (SSSR count). The molecule has 1 fully saturated rings. The molecule has 2 aromatic carbocycles. The van der Waals surface area contributed by atoms with Gasteiger partial charge in [-0.05, 0) is 61.8 Å². The molecule has 0 spiro atoms. The van der Waals surface area contributed by atoms with Gasteiger partial charge in [-0.15, -0.1) is 0 Å². The van der Waals surface area contributed by atoms with E-state index in [1.807, 2.05) is 24.3 Å². The number of amides is 1. The molecule has 0 radical (unpaired) electrons. The minimum absolute atomic E-state index is 0.0983. The van der Waals surface area contributed by atoms with Gasteiger partial charge in [0, 0.05) is 12.1 Å². The number of likely N-dealkylation sites (tertiary alicyclic amines) is 1. The standard InChI is InChI=1S/C21H24N2O4/c1-25-17-6-4-5-16(11-17)21(24)22-13-18(23-9-2-3-10-23)15-7-8-19-20(12-15)27-14-26-19/h4-8,11-12,18H,2-3,9-10,13-14H2,1H3,(H,22,24)/t18-/m0/s1. The van der Waals surface area contributed by atoms with Gasteiger partial charge >= 0.3 is 0 Å². The summed E-state index contributed by atoms with van der Waals surface area (Å²) in [5.74, 6) is 2.13. The summed E-state index contributed by atoms with van der Waals surface area (Å²) in [4.78, 5) is 15.0. The van der Waals surface area contributed by atoms with E-state index in [1.54, 1.807) is 19.2 Å². The fourth-order valence-electron chi connectivity index (χ4n) is 3.69. The number of rotatable bonds is 6. The second-order valence-corrected chi connectivity index (χ2v) is 6.81. The predicted molar refractivity (Wildman–Crippen MR) is 101 cm³/mol. The molecule has 2 aliphatic heterocycles. The first-order valence-corrected chi connectivity index (χ1v) is 9.30. The van der Waals surface area contributed by atoms with Crippen LogP contribution in [-0.4, -0.2) is 44.3 Å². The molecular formula is C21H24N2O4. The Kier molecular flexibility index (Phi) is 5.16. The lowest BCUT2D eigenvalue weighted by Crippen LogP contribution is -2.36. The summed E-state index contributed by atoms with van der Waals surface area (Å²) in [5, 5.41) is 3.09. The zero-order valence-electron chi connectivity index (χ0n) is 15.4. The van der Waals surface area contributed by atoms with Crippen LogP contribution in [0, 0.1) is 0 Å². The highest BCUT2D eigenvalue weighted by atomic mass is 16.7. The molecule has 1 amide bonds. The summed E-state index contributed by atoms with van der Waals surface area (Å²) in [5.41, 5.74) is 1.73. The highest BCUT2D eigenvalue weighted by Gasteiger charge is 2.26. The van der Waals surface area contributed by atoms with E-state index < -0.39 is 0 Å². The maximum atomic E-state index is 12.6. The number of ether oxygens (including phenoxy) is 3. The Bertz CT molecular complexity index is 818. The highest BCUT2D eigenvalue weighted by Crippen LogP contribution is 2.36. The third-order valence-electron chi connectivity index (χ3n) is 5.15. The van der Waals surface area contributed by atoms with Gasteiger partial charge in [-0.25, -0.2) is 0 Å². The molecule has 0 aliphatic carbocycles. The first-order valence-electron chi connectivity index (χ1n) is 9.30. The Morgan fingerprint density at radius 3 is 2.78 bits per heavy atom. The molecule has 0 bridgehead atoms. The maximum Gasteiger partial charge on any atom is 0.251 e. The average Bonchev–Trinajstić information content (AvgIpc) is 3.39. The van der Waals surface area contributed by atoms with E-state index in [-0.39, 0.29) is 18.7 Å². The van der Waals surface area contributed by atoms with Crippen LogP contribution in [0.3, 0.4) is 0 Å². The fraction of sp³-hybridized carbons (Fsp3) is 0.381. The lowest BCUT2D eigenvalue weighted by atomic mass is 10.0. The summed E-state index contributed by atoms with van der Waals surface area (Å²) in [6, 6.07) is 13.3. The number of carbonyl (C=O) groups excluding carboxylic acids is 1. The van der Waals surface area contributed by atoms with Crippen LogP contribution in [0.2, 0.25) is 0 Å². The van der Waals surface area contributed by atoms with E-state index in [1.165, 1.54) is 12.8 Å². The molecule has 1 saturated heterocycles. The minimum Gasteiger partial charge on any atom is -0.497 e. The van der Waals surface area contributed by atoms with Crippen molar-refractivity contribution in [3.63, 3.8) is 0 Å². The SMILES string of the molecule is COc1cccc(C(=O)NC[C@@H](c2ccc3c(c2)OCO3)N2CCCC2)c1. The van der Waals surface area contributed by atoms with Crippen LogP contribution in [0.15, 0.2) is 42.5 Å². The molecule has 2 heterocycles. The van der Waals surface area contributed by atoms with Gasteiger partial charge < -0.3 is 19.5 Å². The molecule has 2 aromatic rings. The summed E-state index contributed by atoms with van der Waals surface area (Å²) in [6.07, 6.45) is 2.37. The lowest BCUT2D eigenvalue weighted by molar-refractivity contribution is 0.0937. The normalized spacial score (nSPS) is 16.9. The van der Waals surface area contributed by atoms with Gasteiger partial charge in [0.15, 0.2) is 11.5 Å². The van der Waals surface area contributed by atoms with Crippen molar-refractivity contribution in [3.05, 3.63) is 53.6 Å². The number of hydrogen-bond donors (Lipinski definition) is 1. The number of carbonyl (C=O) groups is 1. The van der Waals surface area contributed by atoms with Crippen LogP contribution < -0.4 is 19.5 Å². The Labute approximate surface area is 159 Å². The van der Waals surface area contributed by atoms with Crippen LogP contribution >= 0.6 is 0 Å². The van der Waals surface area contributed by atoms with Gasteiger partial charge in [-0.3, -0.25) is 9.69 Å². The zero-order chi connectivity index (χ0) is 18.6. The summed E-state index contributed by atoms with van der Waals surface area (Å²) < 4.78 is 16.2. The smallest absolute Gasteiger partial charge is 0.251 e. The Morgan fingerprint density at radius 2 is 1.96 bits per heavy atom. The van der Waals surface area contributed by atoms with E-state index in [9.17, 15) is 4.79 Å². The lowest BCUT2D eigenvalue weighted by Gasteiger charge is -2.28. The van der Waals surface area contributed by atoms with Gasteiger partial charge in [0.25, 0.3) is 5.91 Å². The van der Waals surface area contributed by atoms with E-state index >= 15 is 0 Å². The van der Waals surface area contributed by atoms with Crippen molar-refractivity contribution >= 4 is 5.91 Å². The van der Waals surface area contributed by atoms with Crippen LogP contribution in [0.4, 0.5) is 0 Å². The van der Waals surface area contributed by atoms with Crippen molar-refractivity contribution < 1.29 is 19.0 Å². The zero-order valence-corrected chi connectivity index (χ0v) is 15.4. The summed E-state index contributed by atoms with van der Waals surface area (Å²) in [7, 11) is 1.60. The molecular weight excluding hydrogens is 344 g/mol. The van der Waals surface area contributed by atoms with Crippen molar-refractivity contribution in [1.29, 1.82) is 0 Å². The van der Waals surface area contributed by atoms with Crippen LogP contribution in [-0.2, 0) is 0 Å². The minimum atomic E-state index is -0.0983. The van der Waals surface area contributed by atoms with Crippen molar-refractivity contribution in [2.24, 2.45) is 0 Å². The monoisotopic (exact) mass is 368 g/mol. The molecule has 2 aliphatic rings. The topological polar surface area (TPSA) is 60.0 Å². The molecule has 1 N–H and O–H groups in total. The third-order valence-corrected chi connectivity index (χ3v) is 5.15. The molecule has 1 atom stereocenters. The number of nitrogens with one attached hydrogen (secondary N) is 1. The number of nitrogens with zero attached hydrogens (tertiary/aromatic N) is 1. The second kappa shape index (κ2) is 7.88. The van der Waals surface area contributed by atoms with Crippen molar-refractivity contribution in [2.45, 2.75) is 18.9 Å². The molecule has 6 heteroatoms. The van der Waals surface area contributed by atoms with Crippen LogP contribution in [0.25, 0.3) is 0 Å². The van der Waals surface area contributed by atoms with E-state index in [0.717, 1.165) is 30.2 Å². The first-order chi connectivity index (χ1) is 13.2. The first kappa shape index (κ1) is 17.7. The van der Waals surface area contributed by atoms with E-state index in [0.29, 0.717) is 17.9 Å². The summed E-state index contributed by atoms with van der Waals surface area (Å²) >= 11 is 0. The Hall–Kier alpha value is -2.73. The predicted octanol–water partition coefficient (Wildman–Crippen LogP) is 2.99. The highest BCUT2D eigenvalue weighted by molar-refractivity contribution is 5.94. The molecule has 27 heavy (non-hydrogen) atoms. The average molecular weight is 368 g/mol. The quantitative estimate of drug-likeness (QED) is 0.849. The second-order valence-electron chi connectivity index (χ2n) is 6.81. The maximum absolute atomic E-state index is 12.6. The number of fused-ring (bicyclic) bond motifs is 1. The van der Waals surface area contributed by atoms with Crippen LogP contribution in [0.1, 0.15) is 34.8 Å². The molecule has 0 aromatic heterocycles. The van der Waals surface area contributed by atoms with E-state index in [2.05, 4.69) is 16.3 Å². The largest absolute Gasteiger partial charge is 0.497 e. The molecule has 0 saturated carbocycles. The van der Waals surface area contributed by atoms with Crippen molar-refractivity contribution in [2.75, 3.05) is 33.5 Å². The number of methoxy groups -OCH3 is 1. The van der Waals surface area contributed by atoms with Crippen molar-refractivity contribution in [3.8, 4) is 17.2 Å². The van der Waals surface area contributed by atoms with E-state index in [4.69, 9.17) is 14.2 Å². The van der Waals surface area contributed by atoms with Gasteiger partial charge in [-0.1, -0.05) is 12.1 Å². The van der Waals surface area contributed by atoms with Crippen molar-refractivity contribution in [1.82, 2.24) is 10.2 Å². The van der Waals surface area contributed by atoms with Gasteiger partial charge in [0.2, 0.25) is 6.79 Å². The van der Waals surface area contributed by atoms with Gasteiger partial charge in [-0.2, -0.15) is 0 Å².